The Morgan fingerprint density at radius 1 is 1.02 bits per heavy atom. The molecule has 0 heterocycles. The van der Waals surface area contributed by atoms with Gasteiger partial charge in [0.05, 0.1) is 0 Å². The Kier molecular flexibility index (Phi) is 14.5. The van der Waals surface area contributed by atoms with Gasteiger partial charge in [-0.2, -0.15) is 0 Å². The van der Waals surface area contributed by atoms with Crippen LogP contribution >= 0.6 is 0 Å². The van der Waals surface area contributed by atoms with E-state index in [1.54, 1.807) is 50.8 Å². The Bertz CT molecular complexity index is 956. The van der Waals surface area contributed by atoms with Gasteiger partial charge in [-0.25, -0.2) is 4.79 Å². The molecule has 0 aromatic heterocycles. The van der Waals surface area contributed by atoms with E-state index in [0.29, 0.717) is 36.4 Å². The average molecular weight is 562 g/mol. The van der Waals surface area contributed by atoms with Gasteiger partial charge in [-0.1, -0.05) is 59.9 Å². The summed E-state index contributed by atoms with van der Waals surface area (Å²) in [6.07, 6.45) is 4.41. The van der Waals surface area contributed by atoms with Crippen LogP contribution in [0.2, 0.25) is 0 Å². The number of aryl methyl sites for hydroxylation is 1. The molecule has 0 radical (unpaired) electrons. The highest BCUT2D eigenvalue weighted by molar-refractivity contribution is 5.92. The molecule has 0 spiro atoms. The zero-order valence-corrected chi connectivity index (χ0v) is 26.6. The second-order valence-electron chi connectivity index (χ2n) is 12.5. The lowest BCUT2D eigenvalue weighted by Crippen LogP contribution is -2.57. The third-order valence-electron chi connectivity index (χ3n) is 7.19. The summed E-state index contributed by atoms with van der Waals surface area (Å²) in [5.41, 5.74) is 0.518. The van der Waals surface area contributed by atoms with Crippen molar-refractivity contribution < 1.29 is 24.2 Å². The Morgan fingerprint density at radius 2 is 1.68 bits per heavy atom. The van der Waals surface area contributed by atoms with Gasteiger partial charge in [0.2, 0.25) is 11.8 Å². The number of carbonyl (C=O) groups excluding carboxylic acids is 3. The number of phenolic OH excluding ortho intramolecular Hbond substituents is 1. The first kappa shape index (κ1) is 35.3. The molecule has 8 nitrogen and oxygen atoms in total. The molecule has 228 valence electrons. The molecule has 8 heteroatoms. The van der Waals surface area contributed by atoms with Gasteiger partial charge < -0.3 is 25.4 Å². The Morgan fingerprint density at radius 3 is 2.20 bits per heavy atom. The number of phenols is 1. The summed E-state index contributed by atoms with van der Waals surface area (Å²) in [6.45, 7) is 19.8. The van der Waals surface area contributed by atoms with Crippen molar-refractivity contribution in [2.24, 2.45) is 11.8 Å². The minimum Gasteiger partial charge on any atom is -0.508 e. The van der Waals surface area contributed by atoms with Gasteiger partial charge in [-0.05, 0) is 89.0 Å². The van der Waals surface area contributed by atoms with Crippen LogP contribution in [0.25, 0.3) is 0 Å². The number of hydrogen-bond acceptors (Lipinski definition) is 5. The number of nitrogens with zero attached hydrogens (tertiary/aromatic N) is 1. The molecule has 0 saturated carbocycles. The first-order valence-corrected chi connectivity index (χ1v) is 15.0. The largest absolute Gasteiger partial charge is 0.508 e. The number of amides is 3. The fourth-order valence-electron chi connectivity index (χ4n) is 4.56. The quantitative estimate of drug-likeness (QED) is 0.208. The lowest BCUT2D eigenvalue weighted by atomic mass is 9.92. The molecule has 1 aromatic rings. The zero-order chi connectivity index (χ0) is 30.6. The number of ether oxygens (including phenoxy) is 1. The van der Waals surface area contributed by atoms with Gasteiger partial charge in [-0.15, -0.1) is 0 Å². The number of unbranched alkanes of at least 4 members (excludes halogenated alkanes) is 2. The molecule has 4 atom stereocenters. The normalized spacial score (nSPS) is 14.7. The number of hydrogen-bond donors (Lipinski definition) is 3. The topological polar surface area (TPSA) is 108 Å². The van der Waals surface area contributed by atoms with Crippen LogP contribution in [-0.2, 0) is 14.3 Å². The smallest absolute Gasteiger partial charge is 0.408 e. The molecule has 1 rings (SSSR count). The molecule has 0 aliphatic carbocycles. The van der Waals surface area contributed by atoms with Crippen LogP contribution in [0.3, 0.4) is 0 Å². The molecule has 0 aliphatic rings. The van der Waals surface area contributed by atoms with Crippen LogP contribution in [0.15, 0.2) is 18.2 Å². The van der Waals surface area contributed by atoms with Crippen molar-refractivity contribution in [2.75, 3.05) is 6.54 Å². The number of benzene rings is 1. The van der Waals surface area contributed by atoms with E-state index in [1.807, 2.05) is 20.8 Å². The minimum atomic E-state index is -0.928. The van der Waals surface area contributed by atoms with E-state index in [1.165, 1.54) is 0 Å². The number of rotatable bonds is 15. The second-order valence-corrected chi connectivity index (χ2v) is 12.5. The first-order chi connectivity index (χ1) is 18.6. The molecule has 0 saturated heterocycles. The summed E-state index contributed by atoms with van der Waals surface area (Å²) in [5, 5.41) is 16.1. The molecular formula is C32H55N3O5. The van der Waals surface area contributed by atoms with Gasteiger partial charge in [0.1, 0.15) is 23.4 Å². The molecular weight excluding hydrogens is 506 g/mol. The number of aromatic hydroxyl groups is 1. The Balaban J connectivity index is 3.65. The fourth-order valence-corrected chi connectivity index (χ4v) is 4.56. The maximum absolute atomic E-state index is 14.5. The lowest BCUT2D eigenvalue weighted by Gasteiger charge is -2.40. The van der Waals surface area contributed by atoms with E-state index in [-0.39, 0.29) is 29.5 Å². The summed E-state index contributed by atoms with van der Waals surface area (Å²) in [5.74, 6) is -0.251. The van der Waals surface area contributed by atoms with Gasteiger partial charge in [0.15, 0.2) is 0 Å². The molecule has 0 fully saturated rings. The highest BCUT2D eigenvalue weighted by Gasteiger charge is 2.40. The average Bonchev–Trinajstić information content (AvgIpc) is 2.86. The van der Waals surface area contributed by atoms with Crippen LogP contribution in [0.1, 0.15) is 118 Å². The second kappa shape index (κ2) is 16.5. The summed E-state index contributed by atoms with van der Waals surface area (Å²) < 4.78 is 5.50. The van der Waals surface area contributed by atoms with Crippen molar-refractivity contribution in [3.63, 3.8) is 0 Å². The molecule has 1 aromatic carbocycles. The predicted molar refractivity (Wildman–Crippen MR) is 161 cm³/mol. The lowest BCUT2D eigenvalue weighted by molar-refractivity contribution is -0.146. The van der Waals surface area contributed by atoms with Crippen molar-refractivity contribution in [3.05, 3.63) is 29.3 Å². The SMILES string of the molecule is CCCCCNC(=O)C(c1ccc(O)c(C)c1)N(C(=O)C(NC(=O)OC(C)(C)C)C(C)CC)C(C)CCC(C)C. The van der Waals surface area contributed by atoms with E-state index < -0.39 is 23.8 Å². The van der Waals surface area contributed by atoms with Gasteiger partial charge in [-0.3, -0.25) is 9.59 Å². The molecule has 40 heavy (non-hydrogen) atoms. The molecule has 0 bridgehead atoms. The van der Waals surface area contributed by atoms with Crippen molar-refractivity contribution in [1.82, 2.24) is 15.5 Å². The van der Waals surface area contributed by atoms with Gasteiger partial charge in [0.25, 0.3) is 0 Å². The van der Waals surface area contributed by atoms with Gasteiger partial charge >= 0.3 is 6.09 Å². The van der Waals surface area contributed by atoms with E-state index in [9.17, 15) is 19.5 Å². The van der Waals surface area contributed by atoms with Crippen molar-refractivity contribution in [2.45, 2.75) is 131 Å². The fraction of sp³-hybridized carbons (Fsp3) is 0.719. The maximum Gasteiger partial charge on any atom is 0.408 e. The predicted octanol–water partition coefficient (Wildman–Crippen LogP) is 6.64. The molecule has 0 aliphatic heterocycles. The molecule has 3 amide bonds. The molecule has 4 unspecified atom stereocenters. The van der Waals surface area contributed by atoms with Crippen LogP contribution < -0.4 is 10.6 Å². The third kappa shape index (κ3) is 11.4. The molecule has 3 N–H and O–H groups in total. The Hall–Kier alpha value is -2.77. The number of nitrogens with one attached hydrogen (secondary N) is 2. The van der Waals surface area contributed by atoms with E-state index in [2.05, 4.69) is 31.4 Å². The third-order valence-corrected chi connectivity index (χ3v) is 7.19. The van der Waals surface area contributed by atoms with Crippen molar-refractivity contribution in [3.8, 4) is 5.75 Å². The van der Waals surface area contributed by atoms with E-state index in [4.69, 9.17) is 4.74 Å². The van der Waals surface area contributed by atoms with Crippen LogP contribution in [0.4, 0.5) is 4.79 Å². The Labute approximate surface area is 242 Å². The maximum atomic E-state index is 14.5. The highest BCUT2D eigenvalue weighted by atomic mass is 16.6. The summed E-state index contributed by atoms with van der Waals surface area (Å²) in [4.78, 5) is 42.9. The van der Waals surface area contributed by atoms with Crippen LogP contribution in [0.5, 0.6) is 5.75 Å². The van der Waals surface area contributed by atoms with Crippen molar-refractivity contribution in [1.29, 1.82) is 0 Å². The standard InChI is InChI=1S/C32H55N3O5/c1-11-13-14-19-33-29(37)28(25-17-18-26(36)23(6)20-25)35(24(7)16-15-21(3)4)30(38)27(22(5)12-2)34-31(39)40-32(8,9)10/h17-18,20-22,24,27-28,36H,11-16,19H2,1-10H3,(H,33,37)(H,34,39). The monoisotopic (exact) mass is 561 g/mol. The van der Waals surface area contributed by atoms with Crippen LogP contribution in [-0.4, -0.2) is 52.1 Å². The highest BCUT2D eigenvalue weighted by Crippen LogP contribution is 2.31. The number of alkyl carbamates (subject to hydrolysis) is 1. The van der Waals surface area contributed by atoms with Gasteiger partial charge in [0, 0.05) is 12.6 Å². The minimum absolute atomic E-state index is 0.126. The number of carbonyl (C=O) groups is 3. The first-order valence-electron chi connectivity index (χ1n) is 15.0. The van der Waals surface area contributed by atoms with Crippen LogP contribution in [0, 0.1) is 18.8 Å². The van der Waals surface area contributed by atoms with E-state index in [0.717, 1.165) is 25.7 Å². The summed E-state index contributed by atoms with van der Waals surface area (Å²) >= 11 is 0. The zero-order valence-electron chi connectivity index (χ0n) is 26.6. The summed E-state index contributed by atoms with van der Waals surface area (Å²) in [7, 11) is 0. The van der Waals surface area contributed by atoms with Crippen molar-refractivity contribution >= 4 is 17.9 Å². The summed E-state index contributed by atoms with van der Waals surface area (Å²) in [6, 6.07) is 2.93. The van der Waals surface area contributed by atoms with E-state index >= 15 is 0 Å².